The van der Waals surface area contributed by atoms with Crippen LogP contribution in [0.1, 0.15) is 46.5 Å². The average Bonchev–Trinajstić information content (AvgIpc) is 2.65. The van der Waals surface area contributed by atoms with Crippen LogP contribution in [-0.2, 0) is 14.3 Å². The van der Waals surface area contributed by atoms with Gasteiger partial charge in [0.2, 0.25) is 0 Å². The van der Waals surface area contributed by atoms with E-state index in [-0.39, 0.29) is 23.6 Å². The van der Waals surface area contributed by atoms with Crippen LogP contribution in [0, 0.1) is 11.3 Å². The Labute approximate surface area is 97.5 Å². The van der Waals surface area contributed by atoms with E-state index in [0.29, 0.717) is 5.92 Å². The fraction of sp³-hybridized carbons (Fsp3) is 0.923. The molecule has 1 aliphatic carbocycles. The van der Waals surface area contributed by atoms with E-state index in [1.165, 1.54) is 0 Å². The number of hydrogen-bond donors (Lipinski definition) is 0. The molecule has 2 aliphatic rings. The molecular formula is C13H22O3. The second-order valence-corrected chi connectivity index (χ2v) is 5.73. The van der Waals surface area contributed by atoms with E-state index >= 15 is 0 Å². The highest BCUT2D eigenvalue weighted by atomic mass is 16.6. The minimum Gasteiger partial charge on any atom is -0.459 e. The van der Waals surface area contributed by atoms with Gasteiger partial charge in [-0.3, -0.25) is 4.79 Å². The van der Waals surface area contributed by atoms with Crippen molar-refractivity contribution in [1.29, 1.82) is 0 Å². The van der Waals surface area contributed by atoms with Crippen molar-refractivity contribution < 1.29 is 14.3 Å². The maximum Gasteiger partial charge on any atom is 0.311 e. The molecule has 0 aromatic rings. The van der Waals surface area contributed by atoms with E-state index in [0.717, 1.165) is 32.3 Å². The third-order valence-corrected chi connectivity index (χ3v) is 4.08. The summed E-state index contributed by atoms with van der Waals surface area (Å²) in [5.41, 5.74) is -0.366. The first kappa shape index (κ1) is 11.9. The molecular weight excluding hydrogens is 204 g/mol. The fourth-order valence-corrected chi connectivity index (χ4v) is 2.35. The van der Waals surface area contributed by atoms with E-state index < -0.39 is 0 Å². The van der Waals surface area contributed by atoms with Gasteiger partial charge in [-0.15, -0.1) is 0 Å². The van der Waals surface area contributed by atoms with Gasteiger partial charge < -0.3 is 9.47 Å². The zero-order valence-corrected chi connectivity index (χ0v) is 10.5. The molecule has 3 heteroatoms. The molecule has 3 unspecified atom stereocenters. The lowest BCUT2D eigenvalue weighted by Gasteiger charge is -2.30. The topological polar surface area (TPSA) is 35.5 Å². The number of fused-ring (bicyclic) bond motifs is 2. The minimum atomic E-state index is -0.366. The predicted octanol–water partition coefficient (Wildman–Crippen LogP) is 2.53. The fourth-order valence-electron chi connectivity index (χ4n) is 2.35. The summed E-state index contributed by atoms with van der Waals surface area (Å²) in [6, 6.07) is 0. The molecule has 0 spiro atoms. The van der Waals surface area contributed by atoms with Crippen molar-refractivity contribution in [1.82, 2.24) is 0 Å². The predicted molar refractivity (Wildman–Crippen MR) is 61.0 cm³/mol. The molecule has 3 nitrogen and oxygen atoms in total. The summed E-state index contributed by atoms with van der Waals surface area (Å²) < 4.78 is 11.3. The van der Waals surface area contributed by atoms with Gasteiger partial charge in [-0.25, -0.2) is 0 Å². The van der Waals surface area contributed by atoms with E-state index in [2.05, 4.69) is 0 Å². The van der Waals surface area contributed by atoms with Gasteiger partial charge in [0.05, 0.1) is 18.1 Å². The number of ether oxygens (including phenoxy) is 2. The first-order valence-corrected chi connectivity index (χ1v) is 6.35. The van der Waals surface area contributed by atoms with Crippen molar-refractivity contribution in [2.45, 2.75) is 58.7 Å². The maximum atomic E-state index is 12.0. The van der Waals surface area contributed by atoms with Crippen LogP contribution in [0.15, 0.2) is 0 Å². The second-order valence-electron chi connectivity index (χ2n) is 5.73. The first-order valence-electron chi connectivity index (χ1n) is 6.35. The van der Waals surface area contributed by atoms with Gasteiger partial charge in [-0.1, -0.05) is 6.92 Å². The summed E-state index contributed by atoms with van der Waals surface area (Å²) in [4.78, 5) is 12.0. The molecule has 1 saturated carbocycles. The van der Waals surface area contributed by atoms with E-state index in [4.69, 9.17) is 9.47 Å². The van der Waals surface area contributed by atoms with Gasteiger partial charge in [0, 0.05) is 0 Å². The molecule has 2 bridgehead atoms. The monoisotopic (exact) mass is 226 g/mol. The van der Waals surface area contributed by atoms with Gasteiger partial charge in [-0.2, -0.15) is 0 Å². The van der Waals surface area contributed by atoms with E-state index in [1.807, 2.05) is 20.8 Å². The van der Waals surface area contributed by atoms with Crippen LogP contribution < -0.4 is 0 Å². The average molecular weight is 226 g/mol. The summed E-state index contributed by atoms with van der Waals surface area (Å²) in [5.74, 6) is 0.632. The van der Waals surface area contributed by atoms with Crippen LogP contribution in [0.3, 0.4) is 0 Å². The second kappa shape index (κ2) is 4.36. The van der Waals surface area contributed by atoms with Crippen molar-refractivity contribution >= 4 is 5.97 Å². The van der Waals surface area contributed by atoms with E-state index in [9.17, 15) is 4.79 Å². The Morgan fingerprint density at radius 3 is 2.88 bits per heavy atom. The highest BCUT2D eigenvalue weighted by Gasteiger charge is 2.40. The minimum absolute atomic E-state index is 0.00271. The number of carbonyl (C=O) groups excluding carboxylic acids is 1. The molecule has 16 heavy (non-hydrogen) atoms. The standard InChI is InChI=1S/C13H22O3/c1-4-13(2,3)12(14)16-10-6-5-9-7-11(10)15-8-9/h9-11H,4-8H2,1-3H3. The van der Waals surface area contributed by atoms with Crippen LogP contribution in [0.2, 0.25) is 0 Å². The third-order valence-electron chi connectivity index (χ3n) is 4.08. The molecule has 1 saturated heterocycles. The lowest BCUT2D eigenvalue weighted by molar-refractivity contribution is -0.167. The molecule has 3 atom stereocenters. The third kappa shape index (κ3) is 2.24. The summed E-state index contributed by atoms with van der Waals surface area (Å²) in [7, 11) is 0. The quantitative estimate of drug-likeness (QED) is 0.694. The molecule has 0 amide bonds. The Kier molecular flexibility index (Phi) is 3.24. The van der Waals surface area contributed by atoms with Crippen LogP contribution in [0.4, 0.5) is 0 Å². The summed E-state index contributed by atoms with van der Waals surface area (Å²) in [6.07, 6.45) is 4.16. The van der Waals surface area contributed by atoms with Gasteiger partial charge >= 0.3 is 5.97 Å². The van der Waals surface area contributed by atoms with Gasteiger partial charge in [0.15, 0.2) is 0 Å². The van der Waals surface area contributed by atoms with Gasteiger partial charge in [0.25, 0.3) is 0 Å². The number of carbonyl (C=O) groups is 1. The van der Waals surface area contributed by atoms with E-state index in [1.54, 1.807) is 0 Å². The zero-order chi connectivity index (χ0) is 11.8. The zero-order valence-electron chi connectivity index (χ0n) is 10.5. The molecule has 0 N–H and O–H groups in total. The van der Waals surface area contributed by atoms with Crippen molar-refractivity contribution in [2.75, 3.05) is 6.61 Å². The molecule has 0 aromatic carbocycles. The number of esters is 1. The van der Waals surface area contributed by atoms with Gasteiger partial charge in [-0.05, 0) is 45.4 Å². The van der Waals surface area contributed by atoms with Crippen molar-refractivity contribution in [3.63, 3.8) is 0 Å². The summed E-state index contributed by atoms with van der Waals surface area (Å²) in [5, 5.41) is 0. The van der Waals surface area contributed by atoms with Crippen molar-refractivity contribution in [3.05, 3.63) is 0 Å². The molecule has 2 fully saturated rings. The van der Waals surface area contributed by atoms with Crippen molar-refractivity contribution in [3.8, 4) is 0 Å². The molecule has 0 aromatic heterocycles. The lowest BCUT2D eigenvalue weighted by Crippen LogP contribution is -2.37. The Bertz CT molecular complexity index is 272. The Morgan fingerprint density at radius 1 is 1.44 bits per heavy atom. The molecule has 2 rings (SSSR count). The number of rotatable bonds is 3. The SMILES string of the molecule is CCC(C)(C)C(=O)OC1CCC2COC1C2. The molecule has 1 aliphatic heterocycles. The van der Waals surface area contributed by atoms with Crippen LogP contribution in [0.5, 0.6) is 0 Å². The van der Waals surface area contributed by atoms with Gasteiger partial charge in [0.1, 0.15) is 6.10 Å². The smallest absolute Gasteiger partial charge is 0.311 e. The van der Waals surface area contributed by atoms with Crippen LogP contribution in [0.25, 0.3) is 0 Å². The molecule has 0 radical (unpaired) electrons. The summed E-state index contributed by atoms with van der Waals surface area (Å²) >= 11 is 0. The van der Waals surface area contributed by atoms with Crippen LogP contribution >= 0.6 is 0 Å². The first-order chi connectivity index (χ1) is 7.53. The number of hydrogen-bond acceptors (Lipinski definition) is 3. The highest BCUT2D eigenvalue weighted by molar-refractivity contribution is 5.76. The van der Waals surface area contributed by atoms with Crippen LogP contribution in [-0.4, -0.2) is 24.8 Å². The highest BCUT2D eigenvalue weighted by Crippen LogP contribution is 2.36. The Hall–Kier alpha value is -0.570. The Morgan fingerprint density at radius 2 is 2.19 bits per heavy atom. The van der Waals surface area contributed by atoms with Crippen molar-refractivity contribution in [2.24, 2.45) is 11.3 Å². The Balaban J connectivity index is 1.92. The maximum absolute atomic E-state index is 12.0. The lowest BCUT2D eigenvalue weighted by atomic mass is 9.87. The normalized spacial score (nSPS) is 33.8. The largest absolute Gasteiger partial charge is 0.459 e. The molecule has 92 valence electrons. The summed E-state index contributed by atoms with van der Waals surface area (Å²) in [6.45, 7) is 6.76. The molecule has 1 heterocycles.